The van der Waals surface area contributed by atoms with Gasteiger partial charge in [-0.3, -0.25) is 0 Å². The Kier molecular flexibility index (Phi) is 12.3. The van der Waals surface area contributed by atoms with Crippen molar-refractivity contribution < 1.29 is 33.2 Å². The van der Waals surface area contributed by atoms with E-state index in [9.17, 15) is 4.79 Å². The Morgan fingerprint density at radius 3 is 1.56 bits per heavy atom. The summed E-state index contributed by atoms with van der Waals surface area (Å²) in [5, 5.41) is 0. The first-order valence-electron chi connectivity index (χ1n) is 15.3. The number of esters is 1. The number of carbonyl (C=O) groups is 1. The van der Waals surface area contributed by atoms with Crippen LogP contribution < -0.4 is 0 Å². The van der Waals surface area contributed by atoms with Crippen molar-refractivity contribution in [2.45, 2.75) is 57.8 Å². The molecule has 0 saturated carbocycles. The molecule has 5 rings (SSSR count). The summed E-state index contributed by atoms with van der Waals surface area (Å²) >= 11 is 0. The fourth-order valence-electron chi connectivity index (χ4n) is 5.12. The van der Waals surface area contributed by atoms with Gasteiger partial charge in [0.2, 0.25) is 0 Å². The Bertz CT molecular complexity index is 1440. The van der Waals surface area contributed by atoms with Crippen molar-refractivity contribution in [3.8, 4) is 0 Å². The lowest BCUT2D eigenvalue weighted by molar-refractivity contribution is -0.223. The smallest absolute Gasteiger partial charge is 0.334 e. The van der Waals surface area contributed by atoms with E-state index in [2.05, 4.69) is 0 Å². The van der Waals surface area contributed by atoms with Crippen molar-refractivity contribution >= 4 is 5.97 Å². The molecule has 0 unspecified atom stereocenters. The Morgan fingerprint density at radius 2 is 1.07 bits per heavy atom. The Hall–Kier alpha value is -4.27. The second-order valence-corrected chi connectivity index (χ2v) is 10.7. The van der Waals surface area contributed by atoms with Gasteiger partial charge in [-0.05, 0) is 29.2 Å². The van der Waals surface area contributed by atoms with Gasteiger partial charge in [0.25, 0.3) is 0 Å². The maximum atomic E-state index is 12.8. The lowest BCUT2D eigenvalue weighted by atomic mass is 9.96. The van der Waals surface area contributed by atoms with Crippen molar-refractivity contribution in [2.75, 3.05) is 13.2 Å². The third kappa shape index (κ3) is 9.86. The van der Waals surface area contributed by atoms with E-state index in [4.69, 9.17) is 28.4 Å². The van der Waals surface area contributed by atoms with Crippen LogP contribution in [0.25, 0.3) is 0 Å². The lowest BCUT2D eigenvalue weighted by Gasteiger charge is -2.43. The summed E-state index contributed by atoms with van der Waals surface area (Å²) in [5.41, 5.74) is 4.03. The molecule has 1 aliphatic rings. The van der Waals surface area contributed by atoms with Crippen LogP contribution in [0.15, 0.2) is 133 Å². The molecule has 7 heteroatoms. The predicted octanol–water partition coefficient (Wildman–Crippen LogP) is 6.81. The minimum Gasteiger partial charge on any atom is -0.486 e. The summed E-state index contributed by atoms with van der Waals surface area (Å²) in [6.07, 6.45) is -1.24. The number of ether oxygens (including phenoxy) is 6. The molecule has 4 aromatic carbocycles. The summed E-state index contributed by atoms with van der Waals surface area (Å²) in [6, 6.07) is 39.7. The minimum atomic E-state index is -0.760. The zero-order chi connectivity index (χ0) is 31.1. The number of hydrogen-bond donors (Lipinski definition) is 0. The number of benzene rings is 4. The van der Waals surface area contributed by atoms with Gasteiger partial charge in [0.1, 0.15) is 24.1 Å². The first kappa shape index (κ1) is 32.1. The topological polar surface area (TPSA) is 72.5 Å². The number of hydrogen-bond acceptors (Lipinski definition) is 7. The van der Waals surface area contributed by atoms with E-state index in [1.165, 1.54) is 6.08 Å². The van der Waals surface area contributed by atoms with Crippen molar-refractivity contribution in [1.82, 2.24) is 0 Å². The van der Waals surface area contributed by atoms with Gasteiger partial charge in [-0.2, -0.15) is 0 Å². The van der Waals surface area contributed by atoms with Gasteiger partial charge in [-0.15, -0.1) is 0 Å². The van der Waals surface area contributed by atoms with Crippen molar-refractivity contribution in [3.05, 3.63) is 155 Å². The van der Waals surface area contributed by atoms with Crippen molar-refractivity contribution in [2.24, 2.45) is 0 Å². The molecule has 1 fully saturated rings. The van der Waals surface area contributed by atoms with Crippen molar-refractivity contribution in [1.29, 1.82) is 0 Å². The van der Waals surface area contributed by atoms with Gasteiger partial charge in [0, 0.05) is 0 Å². The summed E-state index contributed by atoms with van der Waals surface area (Å²) < 4.78 is 37.8. The second-order valence-electron chi connectivity index (χ2n) is 10.7. The molecule has 0 aromatic heterocycles. The molecule has 1 heterocycles. The van der Waals surface area contributed by atoms with E-state index < -0.39 is 30.4 Å². The van der Waals surface area contributed by atoms with Gasteiger partial charge >= 0.3 is 5.97 Å². The number of carbonyl (C=O) groups excluding carboxylic acids is 1. The molecule has 1 aliphatic heterocycles. The molecule has 0 spiro atoms. The van der Waals surface area contributed by atoms with Crippen LogP contribution in [-0.4, -0.2) is 43.6 Å². The van der Waals surface area contributed by atoms with E-state index >= 15 is 0 Å². The third-order valence-electron chi connectivity index (χ3n) is 7.34. The molecule has 4 aromatic rings. The average Bonchev–Trinajstić information content (AvgIpc) is 3.08. The highest BCUT2D eigenvalue weighted by Gasteiger charge is 2.47. The second kappa shape index (κ2) is 17.3. The van der Waals surface area contributed by atoms with Gasteiger partial charge in [-0.25, -0.2) is 4.79 Å². The van der Waals surface area contributed by atoms with Crippen LogP contribution in [-0.2, 0) is 59.6 Å². The zero-order valence-corrected chi connectivity index (χ0v) is 25.5. The fraction of sp³-hybridized carbons (Fsp3) is 0.289. The highest BCUT2D eigenvalue weighted by atomic mass is 16.6. The minimum absolute atomic E-state index is 0.200. The Morgan fingerprint density at radius 1 is 0.622 bits per heavy atom. The molecular weight excluding hydrogens is 568 g/mol. The highest BCUT2D eigenvalue weighted by Crippen LogP contribution is 2.33. The van der Waals surface area contributed by atoms with E-state index in [1.54, 1.807) is 6.92 Å². The summed E-state index contributed by atoms with van der Waals surface area (Å²) in [4.78, 5) is 12.8. The third-order valence-corrected chi connectivity index (χ3v) is 7.34. The maximum Gasteiger partial charge on any atom is 0.334 e. The van der Waals surface area contributed by atoms with Crippen LogP contribution in [0.5, 0.6) is 0 Å². The molecule has 1 saturated heterocycles. The summed E-state index contributed by atoms with van der Waals surface area (Å²) in [5.74, 6) is -0.203. The predicted molar refractivity (Wildman–Crippen MR) is 171 cm³/mol. The monoisotopic (exact) mass is 608 g/mol. The molecule has 7 nitrogen and oxygen atoms in total. The molecule has 0 amide bonds. The van der Waals surface area contributed by atoms with Gasteiger partial charge in [0.05, 0.1) is 45.7 Å². The molecule has 0 N–H and O–H groups in total. The van der Waals surface area contributed by atoms with Crippen LogP contribution in [0.2, 0.25) is 0 Å². The molecule has 0 bridgehead atoms. The highest BCUT2D eigenvalue weighted by molar-refractivity contribution is 5.82. The summed E-state index contributed by atoms with van der Waals surface area (Å²) in [6.45, 7) is 3.52. The Labute approximate surface area is 265 Å². The van der Waals surface area contributed by atoms with Crippen molar-refractivity contribution in [3.63, 3.8) is 0 Å². The normalized spacial score (nSPS) is 20.4. The summed E-state index contributed by atoms with van der Waals surface area (Å²) in [7, 11) is 0. The quantitative estimate of drug-likeness (QED) is 0.109. The zero-order valence-electron chi connectivity index (χ0n) is 25.5. The standard InChI is InChI=1S/C38H40O7/c1-2-41-35(39)23-33-36(42-25-30-17-9-4-10-18-30)38(44-27-32-21-13-6-14-22-32)37(43-26-31-19-11-5-12-20-31)34(45-33)28-40-24-29-15-7-3-8-16-29/h3-23,34,36-38H,2,24-28H2,1H3/b33-23-/t34-,36-,37-,38-/m1/s1. The van der Waals surface area contributed by atoms with Crippen LogP contribution in [0.3, 0.4) is 0 Å². The molecular formula is C38H40O7. The van der Waals surface area contributed by atoms with E-state index in [0.29, 0.717) is 25.6 Å². The SMILES string of the molecule is CCOC(=O)/C=C1\O[C@H](COCc2ccccc2)[C@@H](OCc2ccccc2)[C@H](OCc2ccccc2)[C@@H]1OCc1ccccc1. The molecule has 45 heavy (non-hydrogen) atoms. The first-order valence-corrected chi connectivity index (χ1v) is 15.3. The van der Waals surface area contributed by atoms with E-state index in [0.717, 1.165) is 22.3 Å². The maximum absolute atomic E-state index is 12.8. The van der Waals surface area contributed by atoms with Crippen LogP contribution >= 0.6 is 0 Å². The molecule has 0 radical (unpaired) electrons. The van der Waals surface area contributed by atoms with Gasteiger partial charge in [-0.1, -0.05) is 121 Å². The number of rotatable bonds is 15. The lowest BCUT2D eigenvalue weighted by Crippen LogP contribution is -2.56. The van der Waals surface area contributed by atoms with E-state index in [1.807, 2.05) is 121 Å². The molecule has 4 atom stereocenters. The average molecular weight is 609 g/mol. The van der Waals surface area contributed by atoms with Crippen LogP contribution in [0.1, 0.15) is 29.2 Å². The van der Waals surface area contributed by atoms with Crippen LogP contribution in [0, 0.1) is 0 Å². The Balaban J connectivity index is 1.46. The van der Waals surface area contributed by atoms with Crippen LogP contribution in [0.4, 0.5) is 0 Å². The molecule has 0 aliphatic carbocycles. The van der Waals surface area contributed by atoms with Gasteiger partial charge < -0.3 is 28.4 Å². The van der Waals surface area contributed by atoms with E-state index in [-0.39, 0.29) is 19.8 Å². The largest absolute Gasteiger partial charge is 0.486 e. The first-order chi connectivity index (χ1) is 22.2. The fourth-order valence-corrected chi connectivity index (χ4v) is 5.12. The van der Waals surface area contributed by atoms with Gasteiger partial charge in [0.15, 0.2) is 6.10 Å². The molecule has 234 valence electrons.